The number of carbonyl (C=O) groups excluding carboxylic acids is 3. The summed E-state index contributed by atoms with van der Waals surface area (Å²) in [5.74, 6) is 1.21. The molecule has 0 saturated carbocycles. The molecule has 7 rings (SSSR count). The molecule has 0 radical (unpaired) electrons. The normalized spacial score (nSPS) is 24.1. The van der Waals surface area contributed by atoms with E-state index in [4.69, 9.17) is 9.47 Å². The van der Waals surface area contributed by atoms with Crippen molar-refractivity contribution < 1.29 is 23.9 Å². The first-order chi connectivity index (χ1) is 18.9. The van der Waals surface area contributed by atoms with Gasteiger partial charge < -0.3 is 34.1 Å². The third-order valence-electron chi connectivity index (χ3n) is 8.41. The molecule has 0 aliphatic carbocycles. The third kappa shape index (κ3) is 3.84. The maximum absolute atomic E-state index is 14.1. The second-order valence-corrected chi connectivity index (χ2v) is 11.1. The zero-order valence-corrected chi connectivity index (χ0v) is 22.1. The Labute approximate surface area is 226 Å². The Hall–Kier alpha value is -4.05. The zero-order valence-electron chi connectivity index (χ0n) is 22.1. The number of benzene rings is 2. The monoisotopic (exact) mass is 529 g/mol. The largest absolute Gasteiger partial charge is 0.454 e. The van der Waals surface area contributed by atoms with Gasteiger partial charge in [-0.25, -0.2) is 0 Å². The fourth-order valence-corrected chi connectivity index (χ4v) is 6.62. The SMILES string of the molecule is CN(C)CC(=O)N1CC[C@@H](N2CC(=O)N3[C@H](c4ccc5c(c4)OCO5)c4[nH]c5ccccc5c4C[C@@H]3C2=O)C1. The number of hydrogen-bond acceptors (Lipinski definition) is 6. The van der Waals surface area contributed by atoms with Crippen LogP contribution < -0.4 is 9.47 Å². The molecule has 10 nitrogen and oxygen atoms in total. The van der Waals surface area contributed by atoms with Crippen LogP contribution in [0, 0.1) is 0 Å². The van der Waals surface area contributed by atoms with Crippen LogP contribution in [0.4, 0.5) is 0 Å². The second-order valence-electron chi connectivity index (χ2n) is 11.1. The molecule has 4 aliphatic rings. The predicted octanol–water partition coefficient (Wildman–Crippen LogP) is 1.74. The average molecular weight is 530 g/mol. The molecule has 202 valence electrons. The summed E-state index contributed by atoms with van der Waals surface area (Å²) in [4.78, 5) is 51.4. The molecule has 1 N–H and O–H groups in total. The molecule has 2 aromatic carbocycles. The number of para-hydroxylation sites is 1. The van der Waals surface area contributed by atoms with Crippen molar-refractivity contribution in [3.8, 4) is 11.5 Å². The molecule has 5 heterocycles. The summed E-state index contributed by atoms with van der Waals surface area (Å²) < 4.78 is 11.2. The van der Waals surface area contributed by atoms with Gasteiger partial charge in [0.2, 0.25) is 24.5 Å². The van der Waals surface area contributed by atoms with Gasteiger partial charge in [-0.2, -0.15) is 0 Å². The average Bonchev–Trinajstić information content (AvgIpc) is 3.67. The molecule has 4 aliphatic heterocycles. The van der Waals surface area contributed by atoms with E-state index < -0.39 is 12.1 Å². The maximum atomic E-state index is 14.1. The Morgan fingerprint density at radius 2 is 1.92 bits per heavy atom. The predicted molar refractivity (Wildman–Crippen MR) is 142 cm³/mol. The number of carbonyl (C=O) groups is 3. The highest BCUT2D eigenvalue weighted by Crippen LogP contribution is 2.45. The number of rotatable bonds is 4. The molecular formula is C29H31N5O5. The number of likely N-dealkylation sites (tertiary alicyclic amines) is 1. The van der Waals surface area contributed by atoms with Crippen molar-refractivity contribution in [1.29, 1.82) is 0 Å². The van der Waals surface area contributed by atoms with E-state index in [1.165, 1.54) is 0 Å². The van der Waals surface area contributed by atoms with Gasteiger partial charge in [-0.3, -0.25) is 14.4 Å². The van der Waals surface area contributed by atoms with E-state index in [1.807, 2.05) is 60.3 Å². The number of ether oxygens (including phenoxy) is 2. The molecule has 3 atom stereocenters. The van der Waals surface area contributed by atoms with Crippen molar-refractivity contribution in [2.45, 2.75) is 31.0 Å². The van der Waals surface area contributed by atoms with Crippen LogP contribution in [0.2, 0.25) is 0 Å². The number of nitrogens with zero attached hydrogens (tertiary/aromatic N) is 4. The molecule has 10 heteroatoms. The Morgan fingerprint density at radius 3 is 2.77 bits per heavy atom. The molecule has 3 aromatic rings. The Morgan fingerprint density at radius 1 is 1.10 bits per heavy atom. The lowest BCUT2D eigenvalue weighted by atomic mass is 9.85. The zero-order chi connectivity index (χ0) is 26.8. The van der Waals surface area contributed by atoms with Crippen LogP contribution in [-0.4, -0.2) is 101 Å². The lowest BCUT2D eigenvalue weighted by molar-refractivity contribution is -0.160. The van der Waals surface area contributed by atoms with E-state index in [1.54, 1.807) is 9.80 Å². The fraction of sp³-hybridized carbons (Fsp3) is 0.414. The van der Waals surface area contributed by atoms with E-state index in [-0.39, 0.29) is 37.1 Å². The van der Waals surface area contributed by atoms with Crippen LogP contribution in [0.1, 0.15) is 29.3 Å². The molecular weight excluding hydrogens is 498 g/mol. The van der Waals surface area contributed by atoms with E-state index in [0.717, 1.165) is 27.7 Å². The van der Waals surface area contributed by atoms with Crippen LogP contribution in [0.5, 0.6) is 11.5 Å². The fourth-order valence-electron chi connectivity index (χ4n) is 6.62. The summed E-state index contributed by atoms with van der Waals surface area (Å²) >= 11 is 0. The van der Waals surface area contributed by atoms with Gasteiger partial charge in [-0.15, -0.1) is 0 Å². The van der Waals surface area contributed by atoms with Gasteiger partial charge >= 0.3 is 0 Å². The van der Waals surface area contributed by atoms with Gasteiger partial charge in [-0.1, -0.05) is 24.3 Å². The van der Waals surface area contributed by atoms with Crippen molar-refractivity contribution in [3.63, 3.8) is 0 Å². The number of aromatic amines is 1. The van der Waals surface area contributed by atoms with Crippen LogP contribution in [0.3, 0.4) is 0 Å². The minimum absolute atomic E-state index is 0.00627. The van der Waals surface area contributed by atoms with Crippen molar-refractivity contribution in [2.24, 2.45) is 0 Å². The number of fused-ring (bicyclic) bond motifs is 5. The minimum atomic E-state index is -0.625. The molecule has 0 unspecified atom stereocenters. The van der Waals surface area contributed by atoms with Crippen LogP contribution in [-0.2, 0) is 20.8 Å². The number of aromatic nitrogens is 1. The van der Waals surface area contributed by atoms with Crippen molar-refractivity contribution in [3.05, 3.63) is 59.3 Å². The standard InChI is InChI=1S/C29H31N5O5/c1-31(2)14-25(35)32-10-9-18(13-32)33-15-26(36)34-22(29(33)37)12-20-19-5-3-4-6-21(19)30-27(20)28(34)17-7-8-23-24(11-17)39-16-38-23/h3-8,11,18,22,28,30H,9-10,12-16H2,1-2H3/t18-,22-,28-/m1/s1. The number of H-pyrrole nitrogens is 1. The summed E-state index contributed by atoms with van der Waals surface area (Å²) in [5.41, 5.74) is 3.84. The van der Waals surface area contributed by atoms with Gasteiger partial charge in [0.05, 0.1) is 18.6 Å². The molecule has 3 amide bonds. The Bertz CT molecular complexity index is 1500. The first-order valence-electron chi connectivity index (χ1n) is 13.4. The molecule has 39 heavy (non-hydrogen) atoms. The number of amides is 3. The maximum Gasteiger partial charge on any atom is 0.246 e. The highest BCUT2D eigenvalue weighted by atomic mass is 16.7. The Balaban J connectivity index is 1.25. The second kappa shape index (κ2) is 9.01. The topological polar surface area (TPSA) is 98.4 Å². The minimum Gasteiger partial charge on any atom is -0.454 e. The summed E-state index contributed by atoms with van der Waals surface area (Å²) in [6.45, 7) is 1.55. The van der Waals surface area contributed by atoms with E-state index >= 15 is 0 Å². The van der Waals surface area contributed by atoms with Crippen LogP contribution >= 0.6 is 0 Å². The van der Waals surface area contributed by atoms with Crippen LogP contribution in [0.25, 0.3) is 10.9 Å². The van der Waals surface area contributed by atoms with Crippen molar-refractivity contribution in [1.82, 2.24) is 24.6 Å². The molecule has 0 bridgehead atoms. The Kier molecular flexibility index (Phi) is 5.55. The molecule has 2 saturated heterocycles. The summed E-state index contributed by atoms with van der Waals surface area (Å²) in [5, 5.41) is 1.07. The van der Waals surface area contributed by atoms with Crippen LogP contribution in [0.15, 0.2) is 42.5 Å². The first-order valence-corrected chi connectivity index (χ1v) is 13.4. The van der Waals surface area contributed by atoms with E-state index in [2.05, 4.69) is 11.1 Å². The highest BCUT2D eigenvalue weighted by Gasteiger charge is 2.50. The smallest absolute Gasteiger partial charge is 0.246 e. The lowest BCUT2D eigenvalue weighted by Gasteiger charge is -2.48. The third-order valence-corrected chi connectivity index (χ3v) is 8.41. The highest BCUT2D eigenvalue weighted by molar-refractivity contribution is 5.98. The number of hydrogen-bond donors (Lipinski definition) is 1. The van der Waals surface area contributed by atoms with E-state index in [0.29, 0.717) is 44.0 Å². The van der Waals surface area contributed by atoms with Crippen molar-refractivity contribution in [2.75, 3.05) is 47.1 Å². The number of likely N-dealkylation sites (N-methyl/N-ethyl adjacent to an activating group) is 1. The molecule has 0 spiro atoms. The van der Waals surface area contributed by atoms with Gasteiger partial charge in [0.25, 0.3) is 0 Å². The quantitative estimate of drug-likeness (QED) is 0.553. The molecule has 2 fully saturated rings. The summed E-state index contributed by atoms with van der Waals surface area (Å²) in [6.07, 6.45) is 1.12. The van der Waals surface area contributed by atoms with Gasteiger partial charge in [-0.05, 0) is 49.8 Å². The number of piperazine rings is 1. The molecule has 1 aromatic heterocycles. The number of nitrogens with one attached hydrogen (secondary N) is 1. The van der Waals surface area contributed by atoms with Crippen molar-refractivity contribution >= 4 is 28.6 Å². The van der Waals surface area contributed by atoms with Gasteiger partial charge in [0.1, 0.15) is 12.6 Å². The first kappa shape index (κ1) is 24.0. The lowest BCUT2D eigenvalue weighted by Crippen LogP contribution is -2.65. The summed E-state index contributed by atoms with van der Waals surface area (Å²) in [7, 11) is 3.73. The van der Waals surface area contributed by atoms with Gasteiger partial charge in [0.15, 0.2) is 11.5 Å². The summed E-state index contributed by atoms with van der Waals surface area (Å²) in [6, 6.07) is 12.6. The van der Waals surface area contributed by atoms with Gasteiger partial charge in [0, 0.05) is 36.1 Å². The van der Waals surface area contributed by atoms with E-state index in [9.17, 15) is 14.4 Å².